The Kier molecular flexibility index (Phi) is 39.7. The molecule has 1 fully saturated rings. The molecule has 1 rings (SSSR count). The highest BCUT2D eigenvalue weighted by Crippen LogP contribution is 2.22. The number of unbranched alkanes of at least 4 members (excludes halogenated alkanes) is 19. The monoisotopic (exact) mass is 887 g/mol. The number of hydrogen-bond donors (Lipinski definition) is 4. The molecule has 6 atom stereocenters. The van der Waals surface area contributed by atoms with Gasteiger partial charge in [-0.2, -0.15) is 0 Å². The molecule has 1 aliphatic heterocycles. The van der Waals surface area contributed by atoms with E-state index in [4.69, 9.17) is 18.9 Å². The molecule has 1 heterocycles. The summed E-state index contributed by atoms with van der Waals surface area (Å²) in [6, 6.07) is 0. The molecule has 63 heavy (non-hydrogen) atoms. The number of aliphatic hydroxyl groups excluding tert-OH is 4. The van der Waals surface area contributed by atoms with E-state index in [0.717, 1.165) is 44.9 Å². The number of aliphatic hydroxyl groups is 4. The summed E-state index contributed by atoms with van der Waals surface area (Å²) < 4.78 is 22.1. The van der Waals surface area contributed by atoms with Gasteiger partial charge < -0.3 is 39.4 Å². The van der Waals surface area contributed by atoms with Gasteiger partial charge in [0, 0.05) is 6.42 Å². The standard InChI is InChI=1S/C53H90O10/c1-3-5-7-9-11-13-15-17-19-20-21-22-23-24-25-26-28-29-31-33-35-37-39-41-48(55)60-44-46(45-61-53-52(59)51(58)50(57)47(43-54)63-53)62-49(56)42-40-38-36-34-32-30-27-18-16-14-12-10-8-6-4-2/h6,8,12,14,18,20-21,27,32,34,38,40,46-47,50-54,57-59H,3-5,7,9-11,13,15-17,19,22-26,28-31,33,35-37,39,41-45H2,1-2H3/b8-6-,14-12-,21-20-,27-18-,34-32-,40-38-. The highest BCUT2D eigenvalue weighted by molar-refractivity contribution is 5.71. The van der Waals surface area contributed by atoms with Crippen molar-refractivity contribution in [1.82, 2.24) is 0 Å². The summed E-state index contributed by atoms with van der Waals surface area (Å²) in [5, 5.41) is 40.1. The second kappa shape index (κ2) is 43.1. The lowest BCUT2D eigenvalue weighted by Crippen LogP contribution is -2.59. The van der Waals surface area contributed by atoms with Crippen molar-refractivity contribution in [3.8, 4) is 0 Å². The average Bonchev–Trinajstić information content (AvgIpc) is 3.28. The zero-order valence-electron chi connectivity index (χ0n) is 39.6. The van der Waals surface area contributed by atoms with Gasteiger partial charge in [0.05, 0.1) is 19.6 Å². The minimum Gasteiger partial charge on any atom is -0.462 e. The van der Waals surface area contributed by atoms with Gasteiger partial charge in [-0.15, -0.1) is 0 Å². The molecule has 6 unspecified atom stereocenters. The lowest BCUT2D eigenvalue weighted by molar-refractivity contribution is -0.305. The van der Waals surface area contributed by atoms with Crippen LogP contribution in [0.5, 0.6) is 0 Å². The summed E-state index contributed by atoms with van der Waals surface area (Å²) in [6.45, 7) is 3.22. The molecule has 0 spiro atoms. The molecule has 0 amide bonds. The Morgan fingerprint density at radius 1 is 0.524 bits per heavy atom. The fourth-order valence-electron chi connectivity index (χ4n) is 7.20. The average molecular weight is 887 g/mol. The topological polar surface area (TPSA) is 152 Å². The van der Waals surface area contributed by atoms with E-state index < -0.39 is 55.4 Å². The first-order valence-corrected chi connectivity index (χ1v) is 25.0. The predicted octanol–water partition coefficient (Wildman–Crippen LogP) is 11.6. The largest absolute Gasteiger partial charge is 0.462 e. The maximum absolute atomic E-state index is 12.7. The molecular weight excluding hydrogens is 797 g/mol. The molecule has 0 aliphatic carbocycles. The Morgan fingerprint density at radius 2 is 0.984 bits per heavy atom. The molecule has 0 aromatic rings. The van der Waals surface area contributed by atoms with Crippen molar-refractivity contribution in [2.75, 3.05) is 19.8 Å². The Hall–Kier alpha value is -2.86. The third-order valence-electron chi connectivity index (χ3n) is 11.1. The van der Waals surface area contributed by atoms with Crippen molar-refractivity contribution in [1.29, 1.82) is 0 Å². The Bertz CT molecular complexity index is 1250. The van der Waals surface area contributed by atoms with E-state index in [9.17, 15) is 30.0 Å². The van der Waals surface area contributed by atoms with Gasteiger partial charge in [-0.25, -0.2) is 0 Å². The van der Waals surface area contributed by atoms with E-state index in [2.05, 4.69) is 68.5 Å². The quantitative estimate of drug-likeness (QED) is 0.0265. The third kappa shape index (κ3) is 34.2. The molecule has 0 aromatic carbocycles. The molecule has 10 nitrogen and oxygen atoms in total. The van der Waals surface area contributed by atoms with Crippen molar-refractivity contribution in [3.63, 3.8) is 0 Å². The number of ether oxygens (including phenoxy) is 4. The van der Waals surface area contributed by atoms with E-state index >= 15 is 0 Å². The highest BCUT2D eigenvalue weighted by atomic mass is 16.7. The Labute approximate surface area is 383 Å². The van der Waals surface area contributed by atoms with Crippen LogP contribution in [0, 0.1) is 0 Å². The number of rotatable bonds is 41. The van der Waals surface area contributed by atoms with Gasteiger partial charge in [0.2, 0.25) is 0 Å². The molecule has 4 N–H and O–H groups in total. The van der Waals surface area contributed by atoms with Gasteiger partial charge in [0.15, 0.2) is 12.4 Å². The summed E-state index contributed by atoms with van der Waals surface area (Å²) in [5.74, 6) is -0.956. The van der Waals surface area contributed by atoms with Crippen LogP contribution >= 0.6 is 0 Å². The number of hydrogen-bond acceptors (Lipinski definition) is 10. The molecule has 0 aromatic heterocycles. The molecule has 0 radical (unpaired) electrons. The lowest BCUT2D eigenvalue weighted by atomic mass is 9.99. The number of esters is 2. The van der Waals surface area contributed by atoms with Crippen LogP contribution in [0.4, 0.5) is 0 Å². The van der Waals surface area contributed by atoms with E-state index in [-0.39, 0.29) is 26.1 Å². The van der Waals surface area contributed by atoms with Crippen LogP contribution in [0.15, 0.2) is 72.9 Å². The van der Waals surface area contributed by atoms with Crippen LogP contribution in [0.25, 0.3) is 0 Å². The minimum absolute atomic E-state index is 0.00462. The SMILES string of the molecule is CC/C=C\C/C=C\C/C=C\C/C=C\C/C=C\CC(=O)OC(COC(=O)CCCCCCCCCCCCC/C=C\CCCCCCCCCC)COC1OC(CO)C(O)C(O)C1O. The fourth-order valence-corrected chi connectivity index (χ4v) is 7.20. The molecule has 1 saturated heterocycles. The van der Waals surface area contributed by atoms with Gasteiger partial charge in [-0.3, -0.25) is 9.59 Å². The summed E-state index contributed by atoms with van der Waals surface area (Å²) in [6.07, 6.45) is 48.0. The number of allylic oxidation sites excluding steroid dienone is 11. The van der Waals surface area contributed by atoms with E-state index in [1.165, 1.54) is 109 Å². The Balaban J connectivity index is 2.29. The van der Waals surface area contributed by atoms with Crippen molar-refractivity contribution < 1.29 is 49.0 Å². The zero-order valence-corrected chi connectivity index (χ0v) is 39.6. The van der Waals surface area contributed by atoms with Crippen LogP contribution in [0.2, 0.25) is 0 Å². The van der Waals surface area contributed by atoms with E-state index in [1.807, 2.05) is 12.2 Å². The first kappa shape index (κ1) is 58.2. The van der Waals surface area contributed by atoms with Gasteiger partial charge in [0.1, 0.15) is 31.0 Å². The fraction of sp³-hybridized carbons (Fsp3) is 0.736. The van der Waals surface area contributed by atoms with E-state index in [0.29, 0.717) is 12.8 Å². The second-order valence-electron chi connectivity index (χ2n) is 16.9. The molecule has 1 aliphatic rings. The highest BCUT2D eigenvalue weighted by Gasteiger charge is 2.44. The van der Waals surface area contributed by atoms with E-state index in [1.54, 1.807) is 6.08 Å². The van der Waals surface area contributed by atoms with Crippen LogP contribution in [0.3, 0.4) is 0 Å². The molecular formula is C53H90O10. The summed E-state index contributed by atoms with van der Waals surface area (Å²) in [5.41, 5.74) is 0. The lowest BCUT2D eigenvalue weighted by Gasteiger charge is -2.39. The first-order chi connectivity index (χ1) is 30.8. The van der Waals surface area contributed by atoms with Gasteiger partial charge in [-0.1, -0.05) is 189 Å². The van der Waals surface area contributed by atoms with Gasteiger partial charge >= 0.3 is 11.9 Å². The minimum atomic E-state index is -1.61. The second-order valence-corrected chi connectivity index (χ2v) is 16.9. The number of carbonyl (C=O) groups is 2. The summed E-state index contributed by atoms with van der Waals surface area (Å²) in [4.78, 5) is 25.3. The van der Waals surface area contributed by atoms with Gasteiger partial charge in [-0.05, 0) is 64.2 Å². The first-order valence-electron chi connectivity index (χ1n) is 25.0. The smallest absolute Gasteiger partial charge is 0.310 e. The third-order valence-corrected chi connectivity index (χ3v) is 11.1. The van der Waals surface area contributed by atoms with Crippen LogP contribution in [-0.4, -0.2) is 89.0 Å². The molecule has 362 valence electrons. The van der Waals surface area contributed by atoms with Crippen LogP contribution in [0.1, 0.15) is 194 Å². The van der Waals surface area contributed by atoms with Crippen LogP contribution in [-0.2, 0) is 28.5 Å². The maximum atomic E-state index is 12.7. The predicted molar refractivity (Wildman–Crippen MR) is 256 cm³/mol. The van der Waals surface area contributed by atoms with Crippen molar-refractivity contribution in [2.45, 2.75) is 230 Å². The number of carbonyl (C=O) groups excluding carboxylic acids is 2. The summed E-state index contributed by atoms with van der Waals surface area (Å²) >= 11 is 0. The normalized spacial score (nSPS) is 20.1. The summed E-state index contributed by atoms with van der Waals surface area (Å²) in [7, 11) is 0. The zero-order chi connectivity index (χ0) is 45.9. The maximum Gasteiger partial charge on any atom is 0.310 e. The van der Waals surface area contributed by atoms with Crippen molar-refractivity contribution in [2.24, 2.45) is 0 Å². The van der Waals surface area contributed by atoms with Gasteiger partial charge in [0.25, 0.3) is 0 Å². The molecule has 10 heteroatoms. The Morgan fingerprint density at radius 3 is 1.48 bits per heavy atom. The van der Waals surface area contributed by atoms with Crippen LogP contribution < -0.4 is 0 Å². The van der Waals surface area contributed by atoms with Crippen molar-refractivity contribution >= 4 is 11.9 Å². The van der Waals surface area contributed by atoms with Crippen molar-refractivity contribution in [3.05, 3.63) is 72.9 Å². The molecule has 0 saturated carbocycles. The molecule has 0 bridgehead atoms.